The first-order valence-electron chi connectivity index (χ1n) is 16.0. The molecule has 2 N–H and O–H groups in total. The van der Waals surface area contributed by atoms with Gasteiger partial charge in [0.15, 0.2) is 0 Å². The Balaban J connectivity index is 1.46. The van der Waals surface area contributed by atoms with Crippen molar-refractivity contribution in [1.29, 1.82) is 0 Å². The normalized spacial score (nSPS) is 11.6. The highest BCUT2D eigenvalue weighted by molar-refractivity contribution is 6.24. The van der Waals surface area contributed by atoms with Gasteiger partial charge in [0.25, 0.3) is 0 Å². The lowest BCUT2D eigenvalue weighted by molar-refractivity contribution is 0.977. The zero-order chi connectivity index (χ0) is 31.3. The molecule has 0 radical (unpaired) electrons. The first-order valence-corrected chi connectivity index (χ1v) is 16.0. The standard InChI is InChI=1S/C43H32N4/c44-43-42(45(33-18-6-2-7-19-33)29-30-14-4-1-5-15-30)40-39(47(43)34-20-8-3-9-21-34)27-26-37-36-22-12-13-23-38(36)46(41(37)40)35-25-24-31-16-10-11-17-32(31)28-35/h1-28H,29,44H2. The van der Waals surface area contributed by atoms with E-state index in [9.17, 15) is 0 Å². The summed E-state index contributed by atoms with van der Waals surface area (Å²) >= 11 is 0. The van der Waals surface area contributed by atoms with Gasteiger partial charge in [-0.2, -0.15) is 0 Å². The number of hydrogen-bond donors (Lipinski definition) is 1. The molecule has 0 unspecified atom stereocenters. The van der Waals surface area contributed by atoms with Crippen molar-refractivity contribution < 1.29 is 0 Å². The Morgan fingerprint density at radius 2 is 1.15 bits per heavy atom. The van der Waals surface area contributed by atoms with Crippen molar-refractivity contribution in [2.45, 2.75) is 6.54 Å². The third-order valence-corrected chi connectivity index (χ3v) is 9.30. The van der Waals surface area contributed by atoms with Crippen LogP contribution in [0.4, 0.5) is 17.2 Å². The number of nitrogens with zero attached hydrogens (tertiary/aromatic N) is 3. The molecular weight excluding hydrogens is 573 g/mol. The molecule has 0 aliphatic carbocycles. The first-order chi connectivity index (χ1) is 23.3. The molecule has 0 saturated carbocycles. The Kier molecular flexibility index (Phi) is 6.32. The van der Waals surface area contributed by atoms with E-state index < -0.39 is 0 Å². The minimum atomic E-state index is 0.662. The highest BCUT2D eigenvalue weighted by Crippen LogP contribution is 2.48. The minimum Gasteiger partial charge on any atom is -0.383 e. The van der Waals surface area contributed by atoms with E-state index in [0.29, 0.717) is 12.4 Å². The van der Waals surface area contributed by atoms with Crippen molar-refractivity contribution >= 4 is 60.7 Å². The van der Waals surface area contributed by atoms with Gasteiger partial charge in [-0.05, 0) is 64.9 Å². The van der Waals surface area contributed by atoms with E-state index >= 15 is 0 Å². The number of fused-ring (bicyclic) bond motifs is 6. The molecule has 0 aliphatic heterocycles. The van der Waals surface area contributed by atoms with E-state index in [-0.39, 0.29) is 0 Å². The molecule has 0 bridgehead atoms. The third kappa shape index (κ3) is 4.38. The fourth-order valence-corrected chi connectivity index (χ4v) is 7.22. The van der Waals surface area contributed by atoms with E-state index in [4.69, 9.17) is 5.73 Å². The van der Waals surface area contributed by atoms with Gasteiger partial charge in [0.1, 0.15) is 5.82 Å². The Morgan fingerprint density at radius 1 is 0.489 bits per heavy atom. The first kappa shape index (κ1) is 27.1. The summed E-state index contributed by atoms with van der Waals surface area (Å²) in [5.74, 6) is 0.703. The quantitative estimate of drug-likeness (QED) is 0.205. The SMILES string of the molecule is Nc1c(N(Cc2ccccc2)c2ccccc2)c2c(ccc3c4ccccc4n(-c4ccc5ccccc5c4)c32)n1-c1ccccc1. The smallest absolute Gasteiger partial charge is 0.133 e. The third-order valence-electron chi connectivity index (χ3n) is 9.30. The van der Waals surface area contributed by atoms with E-state index in [1.54, 1.807) is 0 Å². The Bertz CT molecular complexity index is 2550. The second kappa shape index (κ2) is 11.0. The number of rotatable bonds is 6. The molecule has 9 rings (SSSR count). The lowest BCUT2D eigenvalue weighted by Crippen LogP contribution is -2.18. The Hall–Kier alpha value is -6.26. The van der Waals surface area contributed by atoms with Crippen LogP contribution in [0.15, 0.2) is 170 Å². The van der Waals surface area contributed by atoms with Crippen LogP contribution in [0.5, 0.6) is 0 Å². The Morgan fingerprint density at radius 3 is 1.94 bits per heavy atom. The molecule has 9 aromatic rings. The molecular formula is C43H32N4. The summed E-state index contributed by atoms with van der Waals surface area (Å²) in [6.45, 7) is 0.662. The maximum absolute atomic E-state index is 7.40. The van der Waals surface area contributed by atoms with Crippen LogP contribution in [0, 0.1) is 0 Å². The summed E-state index contributed by atoms with van der Waals surface area (Å²) in [5, 5.41) is 5.96. The number of nitrogen functional groups attached to an aromatic ring is 1. The molecule has 2 aromatic heterocycles. The van der Waals surface area contributed by atoms with Gasteiger partial charge in [-0.1, -0.05) is 121 Å². The predicted molar refractivity (Wildman–Crippen MR) is 198 cm³/mol. The van der Waals surface area contributed by atoms with Gasteiger partial charge in [0, 0.05) is 34.4 Å². The number of para-hydroxylation sites is 3. The molecule has 0 atom stereocenters. The van der Waals surface area contributed by atoms with Crippen molar-refractivity contribution in [2.24, 2.45) is 0 Å². The molecule has 0 saturated heterocycles. The van der Waals surface area contributed by atoms with E-state index in [1.807, 2.05) is 6.07 Å². The van der Waals surface area contributed by atoms with Crippen LogP contribution in [0.25, 0.3) is 54.9 Å². The summed E-state index contributed by atoms with van der Waals surface area (Å²) in [6, 6.07) is 60.3. The van der Waals surface area contributed by atoms with Crippen LogP contribution in [0.3, 0.4) is 0 Å². The average molecular weight is 605 g/mol. The molecule has 0 aliphatic rings. The van der Waals surface area contributed by atoms with Crippen molar-refractivity contribution in [3.05, 3.63) is 175 Å². The maximum Gasteiger partial charge on any atom is 0.133 e. The average Bonchev–Trinajstić information content (AvgIpc) is 3.63. The molecule has 4 nitrogen and oxygen atoms in total. The number of anilines is 3. The van der Waals surface area contributed by atoms with Gasteiger partial charge in [-0.3, -0.25) is 4.57 Å². The zero-order valence-corrected chi connectivity index (χ0v) is 25.8. The van der Waals surface area contributed by atoms with E-state index in [2.05, 4.69) is 178 Å². The van der Waals surface area contributed by atoms with Gasteiger partial charge in [0.2, 0.25) is 0 Å². The van der Waals surface area contributed by atoms with Gasteiger partial charge in [-0.25, -0.2) is 0 Å². The van der Waals surface area contributed by atoms with Crippen LogP contribution >= 0.6 is 0 Å². The van der Waals surface area contributed by atoms with E-state index in [0.717, 1.165) is 44.7 Å². The van der Waals surface area contributed by atoms with Gasteiger partial charge in [-0.15, -0.1) is 0 Å². The summed E-state index contributed by atoms with van der Waals surface area (Å²) in [4.78, 5) is 2.38. The van der Waals surface area contributed by atoms with Gasteiger partial charge >= 0.3 is 0 Å². The topological polar surface area (TPSA) is 39.1 Å². The largest absolute Gasteiger partial charge is 0.383 e. The molecule has 0 spiro atoms. The fraction of sp³-hybridized carbons (Fsp3) is 0.0233. The van der Waals surface area contributed by atoms with Gasteiger partial charge < -0.3 is 15.2 Å². The van der Waals surface area contributed by atoms with Crippen LogP contribution in [-0.2, 0) is 6.54 Å². The number of benzene rings is 7. The van der Waals surface area contributed by atoms with Crippen LogP contribution in [0.2, 0.25) is 0 Å². The molecule has 47 heavy (non-hydrogen) atoms. The van der Waals surface area contributed by atoms with Crippen molar-refractivity contribution in [1.82, 2.24) is 9.13 Å². The predicted octanol–water partition coefficient (Wildman–Crippen LogP) is 10.8. The lowest BCUT2D eigenvalue weighted by Gasteiger charge is -2.26. The van der Waals surface area contributed by atoms with E-state index in [1.165, 1.54) is 27.1 Å². The zero-order valence-electron chi connectivity index (χ0n) is 25.8. The van der Waals surface area contributed by atoms with Crippen molar-refractivity contribution in [3.8, 4) is 11.4 Å². The van der Waals surface area contributed by atoms with Crippen LogP contribution in [-0.4, -0.2) is 9.13 Å². The van der Waals surface area contributed by atoms with Crippen LogP contribution < -0.4 is 10.6 Å². The summed E-state index contributed by atoms with van der Waals surface area (Å²) in [7, 11) is 0. The summed E-state index contributed by atoms with van der Waals surface area (Å²) < 4.78 is 4.65. The molecule has 224 valence electrons. The molecule has 2 heterocycles. The van der Waals surface area contributed by atoms with Crippen LogP contribution in [0.1, 0.15) is 5.56 Å². The van der Waals surface area contributed by atoms with Crippen molar-refractivity contribution in [3.63, 3.8) is 0 Å². The minimum absolute atomic E-state index is 0.662. The maximum atomic E-state index is 7.40. The summed E-state index contributed by atoms with van der Waals surface area (Å²) in [6.07, 6.45) is 0. The molecule has 0 amide bonds. The van der Waals surface area contributed by atoms with Crippen molar-refractivity contribution in [2.75, 3.05) is 10.6 Å². The highest BCUT2D eigenvalue weighted by atomic mass is 15.2. The summed E-state index contributed by atoms with van der Waals surface area (Å²) in [5.41, 5.74) is 16.2. The fourth-order valence-electron chi connectivity index (χ4n) is 7.22. The number of hydrogen-bond acceptors (Lipinski definition) is 2. The monoisotopic (exact) mass is 604 g/mol. The van der Waals surface area contributed by atoms with Gasteiger partial charge in [0.05, 0.1) is 27.6 Å². The number of aromatic nitrogens is 2. The molecule has 7 aromatic carbocycles. The second-order valence-corrected chi connectivity index (χ2v) is 12.1. The number of nitrogens with two attached hydrogens (primary N) is 1. The Labute approximate surface area is 273 Å². The highest BCUT2D eigenvalue weighted by Gasteiger charge is 2.27. The lowest BCUT2D eigenvalue weighted by atomic mass is 10.1. The second-order valence-electron chi connectivity index (χ2n) is 12.1. The molecule has 4 heteroatoms. The molecule has 0 fully saturated rings.